The zero-order valence-electron chi connectivity index (χ0n) is 11.7. The number of hydrogen-bond acceptors (Lipinski definition) is 6. The van der Waals surface area contributed by atoms with E-state index in [2.05, 4.69) is 20.1 Å². The zero-order chi connectivity index (χ0) is 16.8. The van der Waals surface area contributed by atoms with E-state index < -0.39 is 24.1 Å². The van der Waals surface area contributed by atoms with E-state index in [1.807, 2.05) is 0 Å². The molecule has 6 nitrogen and oxygen atoms in total. The average molecular weight is 335 g/mol. The smallest absolute Gasteiger partial charge is 0.339 e. The molecule has 1 saturated heterocycles. The van der Waals surface area contributed by atoms with E-state index in [0.29, 0.717) is 0 Å². The van der Waals surface area contributed by atoms with E-state index in [1.165, 1.54) is 11.8 Å². The number of anilines is 1. The van der Waals surface area contributed by atoms with Crippen LogP contribution in [0.25, 0.3) is 0 Å². The highest BCUT2D eigenvalue weighted by molar-refractivity contribution is 5.38. The second-order valence-corrected chi connectivity index (χ2v) is 5.09. The Morgan fingerprint density at radius 2 is 1.91 bits per heavy atom. The number of hydrogen-bond donors (Lipinski definition) is 0. The molecule has 0 amide bonds. The topological polar surface area (TPSA) is 67.9 Å². The molecular formula is C12H10F5N5O. The molecule has 1 fully saturated rings. The predicted octanol–water partition coefficient (Wildman–Crippen LogP) is 2.73. The first-order chi connectivity index (χ1) is 10.7. The molecule has 0 bridgehead atoms. The van der Waals surface area contributed by atoms with Crippen molar-refractivity contribution in [2.45, 2.75) is 25.4 Å². The molecule has 0 aliphatic carbocycles. The van der Waals surface area contributed by atoms with Crippen molar-refractivity contribution in [3.05, 3.63) is 29.2 Å². The summed E-state index contributed by atoms with van der Waals surface area (Å²) in [4.78, 5) is 12.5. The summed E-state index contributed by atoms with van der Waals surface area (Å²) < 4.78 is 67.7. The first-order valence-electron chi connectivity index (χ1n) is 6.53. The molecule has 0 aromatic carbocycles. The summed E-state index contributed by atoms with van der Waals surface area (Å²) in [5, 5.41) is 3.14. The number of alkyl halides is 5. The quantitative estimate of drug-likeness (QED) is 0.804. The molecule has 0 saturated carbocycles. The summed E-state index contributed by atoms with van der Waals surface area (Å²) in [6.45, 7) is 1.86. The van der Waals surface area contributed by atoms with Gasteiger partial charge in [-0.25, -0.2) is 18.7 Å². The Balaban J connectivity index is 1.72. The fourth-order valence-corrected chi connectivity index (χ4v) is 2.14. The average Bonchev–Trinajstić information content (AvgIpc) is 2.85. The Bertz CT molecular complexity index is 710. The van der Waals surface area contributed by atoms with Gasteiger partial charge in [-0.15, -0.1) is 0 Å². The van der Waals surface area contributed by atoms with Gasteiger partial charge in [-0.1, -0.05) is 5.16 Å². The molecule has 3 heterocycles. The number of rotatable bonds is 3. The van der Waals surface area contributed by atoms with E-state index in [9.17, 15) is 22.0 Å². The van der Waals surface area contributed by atoms with E-state index in [0.717, 1.165) is 6.07 Å². The van der Waals surface area contributed by atoms with Crippen LogP contribution in [0.3, 0.4) is 0 Å². The van der Waals surface area contributed by atoms with Crippen molar-refractivity contribution in [3.63, 3.8) is 0 Å². The van der Waals surface area contributed by atoms with Crippen LogP contribution < -0.4 is 4.90 Å². The van der Waals surface area contributed by atoms with Crippen LogP contribution in [0.5, 0.6) is 0 Å². The van der Waals surface area contributed by atoms with Crippen LogP contribution in [-0.4, -0.2) is 33.2 Å². The van der Waals surface area contributed by atoms with Gasteiger partial charge in [0.25, 0.3) is 0 Å². The van der Waals surface area contributed by atoms with Crippen LogP contribution in [-0.2, 0) is 6.18 Å². The van der Waals surface area contributed by atoms with Gasteiger partial charge in [0.15, 0.2) is 0 Å². The van der Waals surface area contributed by atoms with Gasteiger partial charge in [0.2, 0.25) is 17.7 Å². The van der Waals surface area contributed by atoms with Gasteiger partial charge >= 0.3 is 12.6 Å². The van der Waals surface area contributed by atoms with Crippen molar-refractivity contribution in [2.24, 2.45) is 0 Å². The largest absolute Gasteiger partial charge is 0.433 e. The van der Waals surface area contributed by atoms with Crippen LogP contribution >= 0.6 is 0 Å². The van der Waals surface area contributed by atoms with Crippen molar-refractivity contribution in [1.29, 1.82) is 0 Å². The van der Waals surface area contributed by atoms with E-state index >= 15 is 0 Å². The number of halogens is 5. The predicted molar refractivity (Wildman–Crippen MR) is 66.0 cm³/mol. The highest BCUT2D eigenvalue weighted by Gasteiger charge is 2.38. The summed E-state index contributed by atoms with van der Waals surface area (Å²) in [5.41, 5.74) is -0.843. The summed E-state index contributed by atoms with van der Waals surface area (Å²) >= 11 is 0. The van der Waals surface area contributed by atoms with E-state index in [1.54, 1.807) is 0 Å². The Morgan fingerprint density at radius 3 is 2.48 bits per heavy atom. The SMILES string of the molecule is Cc1cc(C(F)(F)F)nc(N2CC(c3nc(C(F)F)no3)C2)n1. The maximum atomic E-state index is 12.7. The van der Waals surface area contributed by atoms with Crippen molar-refractivity contribution in [3.8, 4) is 0 Å². The molecular weight excluding hydrogens is 325 g/mol. The standard InChI is InChI=1S/C12H10F5N5O/c1-5-2-7(12(15,16)17)19-11(18-5)22-3-6(4-22)10-20-9(8(13)14)21-23-10/h2,6,8H,3-4H2,1H3. The highest BCUT2D eigenvalue weighted by Crippen LogP contribution is 2.33. The van der Waals surface area contributed by atoms with Crippen molar-refractivity contribution < 1.29 is 26.5 Å². The molecule has 2 aromatic rings. The molecule has 1 aliphatic heterocycles. The summed E-state index contributed by atoms with van der Waals surface area (Å²) in [5.74, 6) is -1.08. The van der Waals surface area contributed by atoms with Gasteiger partial charge in [-0.2, -0.15) is 18.2 Å². The molecule has 0 radical (unpaired) electrons. The maximum Gasteiger partial charge on any atom is 0.433 e. The fraction of sp³-hybridized carbons (Fsp3) is 0.500. The lowest BCUT2D eigenvalue weighted by Crippen LogP contribution is -2.46. The Labute approximate surface area is 126 Å². The number of nitrogens with zero attached hydrogens (tertiary/aromatic N) is 5. The van der Waals surface area contributed by atoms with Crippen LogP contribution in [0.2, 0.25) is 0 Å². The monoisotopic (exact) mass is 335 g/mol. The first-order valence-corrected chi connectivity index (χ1v) is 6.53. The van der Waals surface area contributed by atoms with Crippen LogP contribution in [0, 0.1) is 6.92 Å². The highest BCUT2D eigenvalue weighted by atomic mass is 19.4. The van der Waals surface area contributed by atoms with Gasteiger partial charge in [0, 0.05) is 18.8 Å². The van der Waals surface area contributed by atoms with Crippen LogP contribution in [0.15, 0.2) is 10.6 Å². The molecule has 124 valence electrons. The second kappa shape index (κ2) is 5.39. The Morgan fingerprint density at radius 1 is 1.22 bits per heavy atom. The molecule has 2 aromatic heterocycles. The minimum Gasteiger partial charge on any atom is -0.339 e. The molecule has 0 spiro atoms. The summed E-state index contributed by atoms with van der Waals surface area (Å²) in [7, 11) is 0. The third kappa shape index (κ3) is 3.08. The van der Waals surface area contributed by atoms with Crippen molar-refractivity contribution >= 4 is 5.95 Å². The van der Waals surface area contributed by atoms with Crippen molar-refractivity contribution in [2.75, 3.05) is 18.0 Å². The van der Waals surface area contributed by atoms with Gasteiger partial charge in [-0.3, -0.25) is 0 Å². The molecule has 0 N–H and O–H groups in total. The van der Waals surface area contributed by atoms with Crippen molar-refractivity contribution in [1.82, 2.24) is 20.1 Å². The molecule has 0 atom stereocenters. The summed E-state index contributed by atoms with van der Waals surface area (Å²) in [6.07, 6.45) is -7.40. The summed E-state index contributed by atoms with van der Waals surface area (Å²) in [6, 6.07) is 0.855. The minimum absolute atomic E-state index is 0.0280. The lowest BCUT2D eigenvalue weighted by molar-refractivity contribution is -0.141. The minimum atomic E-state index is -4.56. The Kier molecular flexibility index (Phi) is 3.65. The molecule has 0 unspecified atom stereocenters. The fourth-order valence-electron chi connectivity index (χ4n) is 2.14. The van der Waals surface area contributed by atoms with E-state index in [-0.39, 0.29) is 36.5 Å². The van der Waals surface area contributed by atoms with Gasteiger partial charge in [0.1, 0.15) is 5.69 Å². The number of aromatic nitrogens is 4. The number of aryl methyl sites for hydroxylation is 1. The van der Waals surface area contributed by atoms with E-state index in [4.69, 9.17) is 4.52 Å². The van der Waals surface area contributed by atoms with Gasteiger partial charge < -0.3 is 9.42 Å². The van der Waals surface area contributed by atoms with Crippen LogP contribution in [0.4, 0.5) is 27.9 Å². The molecule has 3 rings (SSSR count). The second-order valence-electron chi connectivity index (χ2n) is 5.09. The Hall–Kier alpha value is -2.33. The molecule has 23 heavy (non-hydrogen) atoms. The van der Waals surface area contributed by atoms with Gasteiger partial charge in [0.05, 0.1) is 5.92 Å². The lowest BCUT2D eigenvalue weighted by atomic mass is 10.0. The zero-order valence-corrected chi connectivity index (χ0v) is 11.7. The molecule has 1 aliphatic rings. The maximum absolute atomic E-state index is 12.7. The van der Waals surface area contributed by atoms with Crippen LogP contribution in [0.1, 0.15) is 35.4 Å². The normalized spacial score (nSPS) is 16.0. The molecule has 11 heteroatoms. The third-order valence-corrected chi connectivity index (χ3v) is 3.30. The first kappa shape index (κ1) is 15.6. The van der Waals surface area contributed by atoms with Gasteiger partial charge in [-0.05, 0) is 13.0 Å². The third-order valence-electron chi connectivity index (χ3n) is 3.30. The lowest BCUT2D eigenvalue weighted by Gasteiger charge is -2.37.